The van der Waals surface area contributed by atoms with Crippen molar-refractivity contribution in [2.24, 2.45) is 0 Å². The number of ether oxygens (including phenoxy) is 1. The van der Waals surface area contributed by atoms with Crippen LogP contribution in [0.1, 0.15) is 5.89 Å². The molecule has 3 rings (SSSR count). The number of aromatic nitrogens is 2. The van der Waals surface area contributed by atoms with Crippen molar-refractivity contribution in [2.75, 3.05) is 31.7 Å². The van der Waals surface area contributed by atoms with Crippen molar-refractivity contribution in [2.45, 2.75) is 6.54 Å². The summed E-state index contributed by atoms with van der Waals surface area (Å²) in [6.45, 7) is 2.92. The van der Waals surface area contributed by atoms with Gasteiger partial charge in [0.1, 0.15) is 5.75 Å². The lowest BCUT2D eigenvalue weighted by Crippen LogP contribution is -2.32. The Hall–Kier alpha value is -1.53. The zero-order chi connectivity index (χ0) is 13.8. The molecule has 1 fully saturated rings. The molecule has 0 atom stereocenters. The maximum absolute atomic E-state index is 5.34. The molecule has 6 heteroatoms. The van der Waals surface area contributed by atoms with E-state index in [-0.39, 0.29) is 0 Å². The molecule has 20 heavy (non-hydrogen) atoms. The van der Waals surface area contributed by atoms with E-state index in [2.05, 4.69) is 15.0 Å². The molecule has 5 nitrogen and oxygen atoms in total. The van der Waals surface area contributed by atoms with E-state index in [9.17, 15) is 0 Å². The molecule has 0 amide bonds. The minimum Gasteiger partial charge on any atom is -0.497 e. The predicted octanol–water partition coefficient (Wildman–Crippen LogP) is 2.29. The molecule has 1 aliphatic rings. The van der Waals surface area contributed by atoms with Crippen LogP contribution in [0.2, 0.25) is 0 Å². The molecule has 0 bridgehead atoms. The topological polar surface area (TPSA) is 51.4 Å². The van der Waals surface area contributed by atoms with E-state index in [4.69, 9.17) is 9.26 Å². The van der Waals surface area contributed by atoms with Gasteiger partial charge in [0.05, 0.1) is 13.7 Å². The highest BCUT2D eigenvalue weighted by atomic mass is 32.2. The number of thioether (sulfide) groups is 1. The summed E-state index contributed by atoms with van der Waals surface area (Å²) in [6, 6.07) is 7.66. The summed E-state index contributed by atoms with van der Waals surface area (Å²) in [6.07, 6.45) is 0. The van der Waals surface area contributed by atoms with Crippen molar-refractivity contribution >= 4 is 11.8 Å². The second-order valence-electron chi connectivity index (χ2n) is 4.63. The van der Waals surface area contributed by atoms with Crippen molar-refractivity contribution in [3.63, 3.8) is 0 Å². The lowest BCUT2D eigenvalue weighted by Gasteiger charge is -2.24. The molecule has 1 aliphatic heterocycles. The second kappa shape index (κ2) is 6.28. The van der Waals surface area contributed by atoms with Crippen LogP contribution >= 0.6 is 11.8 Å². The van der Waals surface area contributed by atoms with Crippen molar-refractivity contribution in [3.05, 3.63) is 30.2 Å². The third-order valence-electron chi connectivity index (χ3n) is 3.28. The molecule has 0 aliphatic carbocycles. The van der Waals surface area contributed by atoms with Crippen molar-refractivity contribution in [1.82, 2.24) is 15.0 Å². The normalized spacial score (nSPS) is 16.2. The smallest absolute Gasteiger partial charge is 0.241 e. The summed E-state index contributed by atoms with van der Waals surface area (Å²) < 4.78 is 10.5. The summed E-state index contributed by atoms with van der Waals surface area (Å²) in [7, 11) is 1.65. The molecular formula is C14H17N3O2S. The minimum atomic E-state index is 0.633. The zero-order valence-corrected chi connectivity index (χ0v) is 12.2. The largest absolute Gasteiger partial charge is 0.497 e. The Labute approximate surface area is 122 Å². The van der Waals surface area contributed by atoms with E-state index in [1.165, 1.54) is 11.5 Å². The Morgan fingerprint density at radius 1 is 1.25 bits per heavy atom. The molecule has 2 heterocycles. The summed E-state index contributed by atoms with van der Waals surface area (Å²) >= 11 is 1.99. The first-order valence-corrected chi connectivity index (χ1v) is 7.78. The highest BCUT2D eigenvalue weighted by Gasteiger charge is 2.15. The Bertz CT molecular complexity index is 550. The fraction of sp³-hybridized carbons (Fsp3) is 0.429. The molecule has 0 spiro atoms. The molecule has 0 radical (unpaired) electrons. The first-order chi connectivity index (χ1) is 9.85. The van der Waals surface area contributed by atoms with Crippen molar-refractivity contribution in [1.29, 1.82) is 0 Å². The number of hydrogen-bond acceptors (Lipinski definition) is 6. The predicted molar refractivity (Wildman–Crippen MR) is 78.9 cm³/mol. The van der Waals surface area contributed by atoms with Gasteiger partial charge in [0.25, 0.3) is 0 Å². The van der Waals surface area contributed by atoms with E-state index in [1.54, 1.807) is 7.11 Å². The molecule has 0 unspecified atom stereocenters. The number of benzene rings is 1. The Morgan fingerprint density at radius 2 is 2.00 bits per heavy atom. The van der Waals surface area contributed by atoms with Gasteiger partial charge in [-0.1, -0.05) is 5.16 Å². The SMILES string of the molecule is COc1ccc(-c2noc(CN3CCSCC3)n2)cc1. The fourth-order valence-corrected chi connectivity index (χ4v) is 3.11. The van der Waals surface area contributed by atoms with E-state index in [1.807, 2.05) is 36.0 Å². The molecule has 1 aromatic carbocycles. The zero-order valence-electron chi connectivity index (χ0n) is 11.4. The van der Waals surface area contributed by atoms with Crippen LogP contribution in [0.15, 0.2) is 28.8 Å². The van der Waals surface area contributed by atoms with Crippen LogP contribution in [0.4, 0.5) is 0 Å². The maximum Gasteiger partial charge on any atom is 0.241 e. The number of nitrogens with zero attached hydrogens (tertiary/aromatic N) is 3. The van der Waals surface area contributed by atoms with E-state index in [0.717, 1.165) is 30.9 Å². The Balaban J connectivity index is 1.68. The number of rotatable bonds is 4. The lowest BCUT2D eigenvalue weighted by atomic mass is 10.2. The first-order valence-electron chi connectivity index (χ1n) is 6.62. The van der Waals surface area contributed by atoms with Gasteiger partial charge in [-0.25, -0.2) is 0 Å². The minimum absolute atomic E-state index is 0.633. The standard InChI is InChI=1S/C14H17N3O2S/c1-18-12-4-2-11(3-5-12)14-15-13(19-16-14)10-17-6-8-20-9-7-17/h2-5H,6-10H2,1H3. The first kappa shape index (κ1) is 13.5. The Morgan fingerprint density at radius 3 is 2.70 bits per heavy atom. The van der Waals surface area contributed by atoms with Crippen LogP contribution in [-0.4, -0.2) is 46.7 Å². The van der Waals surface area contributed by atoms with Crippen LogP contribution < -0.4 is 4.74 Å². The van der Waals surface area contributed by atoms with Crippen LogP contribution in [0, 0.1) is 0 Å². The Kier molecular flexibility index (Phi) is 4.22. The number of hydrogen-bond donors (Lipinski definition) is 0. The van der Waals surface area contributed by atoms with Crippen LogP contribution in [-0.2, 0) is 6.54 Å². The summed E-state index contributed by atoms with van der Waals surface area (Å²) in [5.74, 6) is 4.50. The van der Waals surface area contributed by atoms with Gasteiger partial charge in [0.2, 0.25) is 11.7 Å². The van der Waals surface area contributed by atoms with Crippen LogP contribution in [0.25, 0.3) is 11.4 Å². The summed E-state index contributed by atoms with van der Waals surface area (Å²) in [5.41, 5.74) is 0.940. The quantitative estimate of drug-likeness (QED) is 0.861. The van der Waals surface area contributed by atoms with Crippen LogP contribution in [0.5, 0.6) is 5.75 Å². The third kappa shape index (κ3) is 3.13. The van der Waals surface area contributed by atoms with Gasteiger partial charge in [0.15, 0.2) is 0 Å². The number of methoxy groups -OCH3 is 1. The van der Waals surface area contributed by atoms with Crippen LogP contribution in [0.3, 0.4) is 0 Å². The molecule has 0 N–H and O–H groups in total. The highest BCUT2D eigenvalue weighted by molar-refractivity contribution is 7.99. The van der Waals surface area contributed by atoms with Gasteiger partial charge in [-0.15, -0.1) is 0 Å². The molecule has 1 saturated heterocycles. The molecule has 0 saturated carbocycles. The fourth-order valence-electron chi connectivity index (χ4n) is 2.13. The van der Waals surface area contributed by atoms with E-state index < -0.39 is 0 Å². The molecule has 106 valence electrons. The van der Waals surface area contributed by atoms with Crippen molar-refractivity contribution < 1.29 is 9.26 Å². The van der Waals surface area contributed by atoms with Gasteiger partial charge in [-0.2, -0.15) is 16.7 Å². The van der Waals surface area contributed by atoms with E-state index >= 15 is 0 Å². The lowest BCUT2D eigenvalue weighted by molar-refractivity contribution is 0.245. The van der Waals surface area contributed by atoms with Gasteiger partial charge in [-0.3, -0.25) is 4.90 Å². The molecule has 1 aromatic heterocycles. The monoisotopic (exact) mass is 291 g/mol. The van der Waals surface area contributed by atoms with Gasteiger partial charge in [-0.05, 0) is 24.3 Å². The summed E-state index contributed by atoms with van der Waals surface area (Å²) in [4.78, 5) is 6.81. The van der Waals surface area contributed by atoms with E-state index in [0.29, 0.717) is 11.7 Å². The third-order valence-corrected chi connectivity index (χ3v) is 4.22. The van der Waals surface area contributed by atoms with Gasteiger partial charge >= 0.3 is 0 Å². The average molecular weight is 291 g/mol. The second-order valence-corrected chi connectivity index (χ2v) is 5.85. The van der Waals surface area contributed by atoms with Gasteiger partial charge < -0.3 is 9.26 Å². The maximum atomic E-state index is 5.34. The molecular weight excluding hydrogens is 274 g/mol. The summed E-state index contributed by atoms with van der Waals surface area (Å²) in [5, 5.41) is 4.05. The molecule has 2 aromatic rings. The average Bonchev–Trinajstić information content (AvgIpc) is 2.97. The van der Waals surface area contributed by atoms with Crippen molar-refractivity contribution in [3.8, 4) is 17.1 Å². The van der Waals surface area contributed by atoms with Gasteiger partial charge in [0, 0.05) is 30.2 Å². The highest BCUT2D eigenvalue weighted by Crippen LogP contribution is 2.20.